The number of hydrogen-bond acceptors (Lipinski definition) is 2. The van der Waals surface area contributed by atoms with E-state index in [4.69, 9.17) is 9.47 Å². The first-order chi connectivity index (χ1) is 9.32. The van der Waals surface area contributed by atoms with Crippen LogP contribution in [-0.2, 0) is 10.2 Å². The lowest BCUT2D eigenvalue weighted by Crippen LogP contribution is -2.14. The zero-order chi connectivity index (χ0) is 14.9. The second-order valence-corrected chi connectivity index (χ2v) is 6.96. The lowest BCUT2D eigenvalue weighted by Gasteiger charge is -2.24. The Morgan fingerprint density at radius 2 is 1.95 bits per heavy atom. The molecule has 0 amide bonds. The Morgan fingerprint density at radius 1 is 1.30 bits per heavy atom. The van der Waals surface area contributed by atoms with Crippen molar-refractivity contribution in [2.75, 3.05) is 6.61 Å². The van der Waals surface area contributed by atoms with Crippen LogP contribution in [-0.4, -0.2) is 18.8 Å². The summed E-state index contributed by atoms with van der Waals surface area (Å²) in [6.45, 7) is 13.9. The molecule has 1 aromatic rings. The molecule has 112 valence electrons. The molecule has 0 spiro atoms. The number of epoxide rings is 1. The van der Waals surface area contributed by atoms with Gasteiger partial charge in [-0.05, 0) is 48.8 Å². The molecule has 2 heteroatoms. The molecular weight excluding hydrogens is 248 g/mol. The molecular formula is C18H28O2. The van der Waals surface area contributed by atoms with E-state index >= 15 is 0 Å². The molecule has 3 atom stereocenters. The van der Waals surface area contributed by atoms with E-state index in [0.717, 1.165) is 12.2 Å². The maximum Gasteiger partial charge on any atom is 0.123 e. The number of rotatable bonds is 5. The second-order valence-electron chi connectivity index (χ2n) is 6.96. The standard InChI is InChI=1S/C18H28O2/c1-7-19-16-9-8-14(11-15(16)18(4,5)6)12(2)10-17-13(3)20-17/h8-9,11-13,17H,7,10H2,1-6H3. The van der Waals surface area contributed by atoms with Crippen molar-refractivity contribution in [1.82, 2.24) is 0 Å². The van der Waals surface area contributed by atoms with E-state index in [1.807, 2.05) is 6.92 Å². The molecule has 20 heavy (non-hydrogen) atoms. The van der Waals surface area contributed by atoms with Gasteiger partial charge in [-0.3, -0.25) is 0 Å². The average molecular weight is 276 g/mol. The van der Waals surface area contributed by atoms with Gasteiger partial charge in [0.25, 0.3) is 0 Å². The summed E-state index contributed by atoms with van der Waals surface area (Å²) in [5, 5.41) is 0. The van der Waals surface area contributed by atoms with Gasteiger partial charge in [-0.2, -0.15) is 0 Å². The van der Waals surface area contributed by atoms with E-state index in [1.165, 1.54) is 11.1 Å². The molecule has 1 saturated heterocycles. The Kier molecular flexibility index (Phi) is 4.43. The lowest BCUT2D eigenvalue weighted by molar-refractivity contribution is 0.329. The maximum atomic E-state index is 5.78. The van der Waals surface area contributed by atoms with Crippen LogP contribution in [0.25, 0.3) is 0 Å². The summed E-state index contributed by atoms with van der Waals surface area (Å²) in [6, 6.07) is 6.66. The minimum Gasteiger partial charge on any atom is -0.494 e. The fourth-order valence-corrected chi connectivity index (χ4v) is 2.68. The SMILES string of the molecule is CCOc1ccc(C(C)CC2OC2C)cc1C(C)(C)C. The highest BCUT2D eigenvalue weighted by molar-refractivity contribution is 5.42. The van der Waals surface area contributed by atoms with Crippen LogP contribution in [0.4, 0.5) is 0 Å². The summed E-state index contributed by atoms with van der Waals surface area (Å²) in [7, 11) is 0. The zero-order valence-electron chi connectivity index (χ0n) is 13.7. The van der Waals surface area contributed by atoms with Crippen LogP contribution in [0.1, 0.15) is 65.0 Å². The van der Waals surface area contributed by atoms with Crippen molar-refractivity contribution in [2.45, 2.75) is 71.5 Å². The summed E-state index contributed by atoms with van der Waals surface area (Å²) in [5.41, 5.74) is 2.79. The molecule has 1 heterocycles. The Bertz CT molecular complexity index is 459. The predicted octanol–water partition coefficient (Wildman–Crippen LogP) is 4.66. The molecule has 1 aliphatic rings. The van der Waals surface area contributed by atoms with Gasteiger partial charge in [-0.25, -0.2) is 0 Å². The fraction of sp³-hybridized carbons (Fsp3) is 0.667. The van der Waals surface area contributed by atoms with Gasteiger partial charge in [0, 0.05) is 0 Å². The Morgan fingerprint density at radius 3 is 2.45 bits per heavy atom. The Balaban J connectivity index is 2.22. The Labute approximate surface area is 123 Å². The minimum absolute atomic E-state index is 0.101. The zero-order valence-corrected chi connectivity index (χ0v) is 13.7. The van der Waals surface area contributed by atoms with Crippen LogP contribution in [0.15, 0.2) is 18.2 Å². The predicted molar refractivity (Wildman–Crippen MR) is 83.7 cm³/mol. The van der Waals surface area contributed by atoms with E-state index < -0.39 is 0 Å². The topological polar surface area (TPSA) is 21.8 Å². The van der Waals surface area contributed by atoms with Gasteiger partial charge < -0.3 is 9.47 Å². The van der Waals surface area contributed by atoms with Crippen LogP contribution in [0.3, 0.4) is 0 Å². The third-order valence-electron chi connectivity index (χ3n) is 4.10. The van der Waals surface area contributed by atoms with E-state index in [2.05, 4.69) is 52.8 Å². The number of benzene rings is 1. The molecule has 0 aliphatic carbocycles. The van der Waals surface area contributed by atoms with Gasteiger partial charge in [-0.1, -0.05) is 39.8 Å². The third kappa shape index (κ3) is 3.54. The highest BCUT2D eigenvalue weighted by Crippen LogP contribution is 2.37. The first kappa shape index (κ1) is 15.4. The molecule has 0 saturated carbocycles. The average Bonchev–Trinajstić information content (AvgIpc) is 3.04. The summed E-state index contributed by atoms with van der Waals surface area (Å²) in [5.74, 6) is 1.55. The van der Waals surface area contributed by atoms with Crippen LogP contribution in [0, 0.1) is 0 Å². The molecule has 1 aromatic carbocycles. The van der Waals surface area contributed by atoms with Crippen molar-refractivity contribution in [2.24, 2.45) is 0 Å². The van der Waals surface area contributed by atoms with Crippen LogP contribution < -0.4 is 4.74 Å². The van der Waals surface area contributed by atoms with Gasteiger partial charge >= 0.3 is 0 Å². The molecule has 3 unspecified atom stereocenters. The highest BCUT2D eigenvalue weighted by Gasteiger charge is 2.35. The van der Waals surface area contributed by atoms with Crippen molar-refractivity contribution in [3.8, 4) is 5.75 Å². The van der Waals surface area contributed by atoms with Crippen LogP contribution in [0.5, 0.6) is 5.75 Å². The largest absolute Gasteiger partial charge is 0.494 e. The summed E-state index contributed by atoms with van der Waals surface area (Å²) >= 11 is 0. The molecule has 2 rings (SSSR count). The van der Waals surface area contributed by atoms with E-state index in [9.17, 15) is 0 Å². The van der Waals surface area contributed by atoms with Crippen LogP contribution in [0.2, 0.25) is 0 Å². The smallest absolute Gasteiger partial charge is 0.123 e. The first-order valence-electron chi connectivity index (χ1n) is 7.75. The normalized spacial score (nSPS) is 23.5. The Hall–Kier alpha value is -1.02. The van der Waals surface area contributed by atoms with Gasteiger partial charge in [-0.15, -0.1) is 0 Å². The van der Waals surface area contributed by atoms with E-state index in [1.54, 1.807) is 0 Å². The summed E-state index contributed by atoms with van der Waals surface area (Å²) < 4.78 is 11.3. The van der Waals surface area contributed by atoms with Crippen molar-refractivity contribution < 1.29 is 9.47 Å². The summed E-state index contributed by atoms with van der Waals surface area (Å²) in [6.07, 6.45) is 2.01. The van der Waals surface area contributed by atoms with Gasteiger partial charge in [0.15, 0.2) is 0 Å². The minimum atomic E-state index is 0.101. The molecule has 0 radical (unpaired) electrons. The van der Waals surface area contributed by atoms with Gasteiger partial charge in [0.2, 0.25) is 0 Å². The fourth-order valence-electron chi connectivity index (χ4n) is 2.68. The quantitative estimate of drug-likeness (QED) is 0.729. The monoisotopic (exact) mass is 276 g/mol. The molecule has 0 aromatic heterocycles. The van der Waals surface area contributed by atoms with Crippen molar-refractivity contribution >= 4 is 0 Å². The molecule has 0 bridgehead atoms. The summed E-state index contributed by atoms with van der Waals surface area (Å²) in [4.78, 5) is 0. The van der Waals surface area contributed by atoms with Gasteiger partial charge in [0.05, 0.1) is 18.8 Å². The maximum absolute atomic E-state index is 5.78. The number of ether oxygens (including phenoxy) is 2. The molecule has 1 fully saturated rings. The molecule has 2 nitrogen and oxygen atoms in total. The van der Waals surface area contributed by atoms with Crippen molar-refractivity contribution in [1.29, 1.82) is 0 Å². The molecule has 1 aliphatic heterocycles. The number of hydrogen-bond donors (Lipinski definition) is 0. The first-order valence-corrected chi connectivity index (χ1v) is 7.75. The highest BCUT2D eigenvalue weighted by atomic mass is 16.6. The van der Waals surface area contributed by atoms with E-state index in [-0.39, 0.29) is 5.41 Å². The second kappa shape index (κ2) is 5.77. The van der Waals surface area contributed by atoms with Gasteiger partial charge in [0.1, 0.15) is 5.75 Å². The third-order valence-corrected chi connectivity index (χ3v) is 4.10. The van der Waals surface area contributed by atoms with E-state index in [0.29, 0.717) is 24.7 Å². The van der Waals surface area contributed by atoms with Crippen LogP contribution >= 0.6 is 0 Å². The molecule has 0 N–H and O–H groups in total. The van der Waals surface area contributed by atoms with Crippen molar-refractivity contribution in [3.63, 3.8) is 0 Å². The lowest BCUT2D eigenvalue weighted by atomic mass is 9.83. The van der Waals surface area contributed by atoms with Crippen molar-refractivity contribution in [3.05, 3.63) is 29.3 Å².